The van der Waals surface area contributed by atoms with E-state index in [-0.39, 0.29) is 0 Å². The molecule has 82 valence electrons. The van der Waals surface area contributed by atoms with Crippen molar-refractivity contribution in [1.82, 2.24) is 19.9 Å². The summed E-state index contributed by atoms with van der Waals surface area (Å²) in [4.78, 5) is 16.7. The molecule has 3 aromatic rings. The van der Waals surface area contributed by atoms with Crippen LogP contribution >= 0.6 is 0 Å². The van der Waals surface area contributed by atoms with Crippen LogP contribution in [0.1, 0.15) is 0 Å². The van der Waals surface area contributed by atoms with E-state index in [1.54, 1.807) is 24.8 Å². The molecule has 0 aliphatic carbocycles. The first-order chi connectivity index (χ1) is 8.34. The molecule has 0 fully saturated rings. The number of nitrogens with two attached hydrogens (primary N) is 1. The number of nitrogen functional groups attached to an aromatic ring is 1. The molecule has 0 saturated heterocycles. The Labute approximate surface area is 97.4 Å². The molecule has 3 rings (SSSR count). The SMILES string of the molecule is Nc1ncccc1-c1ncc2ccncc2n1. The van der Waals surface area contributed by atoms with Crippen LogP contribution in [0.5, 0.6) is 0 Å². The van der Waals surface area contributed by atoms with Crippen LogP contribution in [0.25, 0.3) is 22.3 Å². The number of hydrogen-bond donors (Lipinski definition) is 1. The molecule has 0 bridgehead atoms. The van der Waals surface area contributed by atoms with Gasteiger partial charge in [-0.3, -0.25) is 4.98 Å². The van der Waals surface area contributed by atoms with Gasteiger partial charge in [-0.2, -0.15) is 0 Å². The maximum atomic E-state index is 5.79. The average Bonchev–Trinajstić information content (AvgIpc) is 2.39. The Bertz CT molecular complexity index is 680. The maximum absolute atomic E-state index is 5.79. The lowest BCUT2D eigenvalue weighted by Gasteiger charge is -2.03. The number of hydrogen-bond acceptors (Lipinski definition) is 5. The number of anilines is 1. The number of pyridine rings is 2. The first kappa shape index (κ1) is 9.65. The normalized spacial score (nSPS) is 10.6. The highest BCUT2D eigenvalue weighted by atomic mass is 14.9. The van der Waals surface area contributed by atoms with Gasteiger partial charge in [-0.05, 0) is 18.2 Å². The summed E-state index contributed by atoms with van der Waals surface area (Å²) in [6.45, 7) is 0. The predicted octanol–water partition coefficient (Wildman–Crippen LogP) is 1.67. The summed E-state index contributed by atoms with van der Waals surface area (Å²) in [5, 5.41) is 0.950. The topological polar surface area (TPSA) is 77.6 Å². The Morgan fingerprint density at radius 2 is 1.94 bits per heavy atom. The standard InChI is InChI=1S/C12H9N5/c13-11-9(2-1-4-15-11)12-16-6-8-3-5-14-7-10(8)17-12/h1-7H,(H2,13,15). The zero-order valence-corrected chi connectivity index (χ0v) is 8.91. The van der Waals surface area contributed by atoms with Gasteiger partial charge in [0.1, 0.15) is 5.82 Å². The van der Waals surface area contributed by atoms with Gasteiger partial charge in [0.15, 0.2) is 5.82 Å². The third kappa shape index (κ3) is 1.67. The summed E-state index contributed by atoms with van der Waals surface area (Å²) < 4.78 is 0. The molecule has 0 amide bonds. The highest BCUT2D eigenvalue weighted by molar-refractivity contribution is 5.79. The molecule has 17 heavy (non-hydrogen) atoms. The van der Waals surface area contributed by atoms with Crippen LogP contribution in [0.15, 0.2) is 43.0 Å². The molecule has 0 aliphatic heterocycles. The minimum absolute atomic E-state index is 0.427. The fourth-order valence-corrected chi connectivity index (χ4v) is 1.61. The van der Waals surface area contributed by atoms with E-state index in [9.17, 15) is 0 Å². The quantitative estimate of drug-likeness (QED) is 0.679. The molecular weight excluding hydrogens is 214 g/mol. The third-order valence-corrected chi connectivity index (χ3v) is 2.46. The number of fused-ring (bicyclic) bond motifs is 1. The molecule has 5 heteroatoms. The highest BCUT2D eigenvalue weighted by Crippen LogP contribution is 2.21. The molecule has 0 atom stereocenters. The van der Waals surface area contributed by atoms with E-state index in [4.69, 9.17) is 5.73 Å². The number of nitrogens with zero attached hydrogens (tertiary/aromatic N) is 4. The number of rotatable bonds is 1. The second-order valence-corrected chi connectivity index (χ2v) is 3.56. The molecule has 2 N–H and O–H groups in total. The van der Waals surface area contributed by atoms with Crippen LogP contribution < -0.4 is 5.73 Å². The molecular formula is C12H9N5. The molecule has 0 saturated carbocycles. The van der Waals surface area contributed by atoms with Gasteiger partial charge in [-0.25, -0.2) is 15.0 Å². The Morgan fingerprint density at radius 1 is 1.00 bits per heavy atom. The van der Waals surface area contributed by atoms with Gasteiger partial charge in [0.25, 0.3) is 0 Å². The summed E-state index contributed by atoms with van der Waals surface area (Å²) >= 11 is 0. The van der Waals surface area contributed by atoms with Crippen molar-refractivity contribution in [2.75, 3.05) is 5.73 Å². The zero-order valence-electron chi connectivity index (χ0n) is 8.91. The van der Waals surface area contributed by atoms with Gasteiger partial charge in [0, 0.05) is 24.0 Å². The van der Waals surface area contributed by atoms with Crippen LogP contribution in [-0.2, 0) is 0 Å². The van der Waals surface area contributed by atoms with Crippen molar-refractivity contribution in [3.8, 4) is 11.4 Å². The van der Waals surface area contributed by atoms with Crippen LogP contribution in [0, 0.1) is 0 Å². The Hall–Kier alpha value is -2.56. The molecule has 3 aromatic heterocycles. The van der Waals surface area contributed by atoms with E-state index in [1.165, 1.54) is 0 Å². The maximum Gasteiger partial charge on any atom is 0.163 e. The molecule has 0 aliphatic rings. The van der Waals surface area contributed by atoms with Gasteiger partial charge < -0.3 is 5.73 Å². The van der Waals surface area contributed by atoms with E-state index >= 15 is 0 Å². The summed E-state index contributed by atoms with van der Waals surface area (Å²) in [6, 6.07) is 5.52. The van der Waals surface area contributed by atoms with Crippen molar-refractivity contribution in [2.24, 2.45) is 0 Å². The van der Waals surface area contributed by atoms with Crippen molar-refractivity contribution in [3.05, 3.63) is 43.0 Å². The monoisotopic (exact) mass is 223 g/mol. The Morgan fingerprint density at radius 3 is 2.82 bits per heavy atom. The van der Waals surface area contributed by atoms with Crippen molar-refractivity contribution in [2.45, 2.75) is 0 Å². The molecule has 0 unspecified atom stereocenters. The molecule has 0 radical (unpaired) electrons. The molecule has 5 nitrogen and oxygen atoms in total. The van der Waals surface area contributed by atoms with Crippen molar-refractivity contribution in [1.29, 1.82) is 0 Å². The van der Waals surface area contributed by atoms with Gasteiger partial charge in [-0.15, -0.1) is 0 Å². The largest absolute Gasteiger partial charge is 0.383 e. The van der Waals surface area contributed by atoms with Crippen molar-refractivity contribution >= 4 is 16.7 Å². The van der Waals surface area contributed by atoms with Gasteiger partial charge in [0.05, 0.1) is 17.3 Å². The van der Waals surface area contributed by atoms with Crippen LogP contribution in [-0.4, -0.2) is 19.9 Å². The predicted molar refractivity (Wildman–Crippen MR) is 65.0 cm³/mol. The van der Waals surface area contributed by atoms with E-state index in [0.29, 0.717) is 11.6 Å². The van der Waals surface area contributed by atoms with Crippen LogP contribution in [0.4, 0.5) is 5.82 Å². The highest BCUT2D eigenvalue weighted by Gasteiger charge is 2.06. The smallest absolute Gasteiger partial charge is 0.163 e. The summed E-state index contributed by atoms with van der Waals surface area (Å²) in [5.74, 6) is 0.992. The Balaban J connectivity index is 2.22. The second kappa shape index (κ2) is 3.79. The van der Waals surface area contributed by atoms with E-state index in [1.807, 2.05) is 18.2 Å². The lowest BCUT2D eigenvalue weighted by molar-refractivity contribution is 1.20. The van der Waals surface area contributed by atoms with Crippen LogP contribution in [0.3, 0.4) is 0 Å². The summed E-state index contributed by atoms with van der Waals surface area (Å²) in [5.41, 5.74) is 7.32. The van der Waals surface area contributed by atoms with Gasteiger partial charge in [0.2, 0.25) is 0 Å². The van der Waals surface area contributed by atoms with E-state index < -0.39 is 0 Å². The molecule has 3 heterocycles. The lowest BCUT2D eigenvalue weighted by atomic mass is 10.2. The molecule has 0 spiro atoms. The summed E-state index contributed by atoms with van der Waals surface area (Å²) in [6.07, 6.45) is 6.81. The van der Waals surface area contributed by atoms with Gasteiger partial charge >= 0.3 is 0 Å². The lowest BCUT2D eigenvalue weighted by Crippen LogP contribution is -1.97. The van der Waals surface area contributed by atoms with E-state index in [2.05, 4.69) is 19.9 Å². The minimum Gasteiger partial charge on any atom is -0.383 e. The zero-order chi connectivity index (χ0) is 11.7. The number of aromatic nitrogens is 4. The summed E-state index contributed by atoms with van der Waals surface area (Å²) in [7, 11) is 0. The molecule has 0 aromatic carbocycles. The van der Waals surface area contributed by atoms with Crippen LogP contribution in [0.2, 0.25) is 0 Å². The minimum atomic E-state index is 0.427. The van der Waals surface area contributed by atoms with Crippen molar-refractivity contribution < 1.29 is 0 Å². The Kier molecular flexibility index (Phi) is 2.15. The van der Waals surface area contributed by atoms with E-state index in [0.717, 1.165) is 16.5 Å². The van der Waals surface area contributed by atoms with Gasteiger partial charge in [-0.1, -0.05) is 0 Å². The fourth-order valence-electron chi connectivity index (χ4n) is 1.61. The first-order valence-corrected chi connectivity index (χ1v) is 5.12. The second-order valence-electron chi connectivity index (χ2n) is 3.56. The van der Waals surface area contributed by atoms with Crippen molar-refractivity contribution in [3.63, 3.8) is 0 Å². The first-order valence-electron chi connectivity index (χ1n) is 5.12. The average molecular weight is 223 g/mol. The third-order valence-electron chi connectivity index (χ3n) is 2.46. The fraction of sp³-hybridized carbons (Fsp3) is 0.